The van der Waals surface area contributed by atoms with Gasteiger partial charge in [-0.05, 0) is 11.6 Å². The molecule has 0 aliphatic rings. The molecule has 7 heteroatoms. The van der Waals surface area contributed by atoms with E-state index in [0.29, 0.717) is 10.9 Å². The van der Waals surface area contributed by atoms with Crippen molar-refractivity contribution in [2.45, 2.75) is 5.33 Å². The third kappa shape index (κ3) is 2.27. The lowest BCUT2D eigenvalue weighted by molar-refractivity contribution is -0.385. The zero-order valence-electron chi connectivity index (χ0n) is 7.24. The quantitative estimate of drug-likeness (QED) is 0.528. The smallest absolute Gasteiger partial charge is 0.344 e. The molecule has 0 spiro atoms. The lowest BCUT2D eigenvalue weighted by Gasteiger charge is -2.04. The van der Waals surface area contributed by atoms with Gasteiger partial charge in [-0.15, -0.1) is 0 Å². The molecule has 0 aromatic heterocycles. The van der Waals surface area contributed by atoms with Crippen LogP contribution >= 0.6 is 27.5 Å². The van der Waals surface area contributed by atoms with Crippen LogP contribution in [0.1, 0.15) is 15.9 Å². The van der Waals surface area contributed by atoms with Gasteiger partial charge in [0.2, 0.25) is 0 Å². The second-order valence-electron chi connectivity index (χ2n) is 2.63. The molecule has 0 heterocycles. The summed E-state index contributed by atoms with van der Waals surface area (Å²) < 4.78 is 0. The van der Waals surface area contributed by atoms with Gasteiger partial charge in [-0.1, -0.05) is 27.5 Å². The Labute approximate surface area is 97.9 Å². The number of nitrogens with zero attached hydrogens (tertiary/aromatic N) is 1. The second-order valence-corrected chi connectivity index (χ2v) is 3.57. The lowest BCUT2D eigenvalue weighted by Crippen LogP contribution is -2.05. The van der Waals surface area contributed by atoms with Gasteiger partial charge in [-0.3, -0.25) is 10.1 Å². The monoisotopic (exact) mass is 293 g/mol. The highest BCUT2D eigenvalue weighted by Gasteiger charge is 2.24. The molecule has 0 aliphatic heterocycles. The average molecular weight is 294 g/mol. The molecule has 5 nitrogen and oxygen atoms in total. The van der Waals surface area contributed by atoms with Gasteiger partial charge in [-0.2, -0.15) is 0 Å². The maximum atomic E-state index is 10.8. The van der Waals surface area contributed by atoms with Crippen LogP contribution < -0.4 is 0 Å². The number of nitro benzene ring substituents is 1. The topological polar surface area (TPSA) is 80.4 Å². The van der Waals surface area contributed by atoms with E-state index < -0.39 is 22.1 Å². The molecule has 0 unspecified atom stereocenters. The Hall–Kier alpha value is -1.14. The first kappa shape index (κ1) is 11.9. The van der Waals surface area contributed by atoms with Crippen LogP contribution in [0, 0.1) is 10.1 Å². The molecule has 0 saturated heterocycles. The van der Waals surface area contributed by atoms with E-state index in [1.54, 1.807) is 0 Å². The van der Waals surface area contributed by atoms with Crippen molar-refractivity contribution in [3.63, 3.8) is 0 Å². The molecule has 0 amide bonds. The lowest BCUT2D eigenvalue weighted by atomic mass is 10.1. The van der Waals surface area contributed by atoms with Crippen molar-refractivity contribution in [2.24, 2.45) is 0 Å². The summed E-state index contributed by atoms with van der Waals surface area (Å²) in [6, 6.07) is 2.55. The number of benzene rings is 1. The first-order valence-electron chi connectivity index (χ1n) is 3.74. The number of carbonyl (C=O) groups is 1. The summed E-state index contributed by atoms with van der Waals surface area (Å²) in [5, 5.41) is 19.6. The number of nitro groups is 1. The zero-order chi connectivity index (χ0) is 11.6. The fourth-order valence-corrected chi connectivity index (χ4v) is 2.00. The standard InChI is InChI=1S/C8H5BrClNO4/c9-3-4-1-2-5(11(14)15)6(7(4)10)8(12)13/h1-2H,3H2,(H,12,13). The van der Waals surface area contributed by atoms with E-state index in [1.165, 1.54) is 6.07 Å². The summed E-state index contributed by atoms with van der Waals surface area (Å²) in [5.74, 6) is -1.41. The highest BCUT2D eigenvalue weighted by molar-refractivity contribution is 9.08. The van der Waals surface area contributed by atoms with E-state index in [4.69, 9.17) is 16.7 Å². The van der Waals surface area contributed by atoms with Gasteiger partial charge in [0.1, 0.15) is 0 Å². The predicted octanol–water partition coefficient (Wildman–Crippen LogP) is 2.84. The van der Waals surface area contributed by atoms with E-state index in [-0.39, 0.29) is 5.02 Å². The molecular formula is C8H5BrClNO4. The first-order chi connectivity index (χ1) is 6.99. The van der Waals surface area contributed by atoms with Crippen LogP contribution in [-0.2, 0) is 5.33 Å². The minimum atomic E-state index is -1.41. The summed E-state index contributed by atoms with van der Waals surface area (Å²) in [4.78, 5) is 20.6. The summed E-state index contributed by atoms with van der Waals surface area (Å²) in [7, 11) is 0. The SMILES string of the molecule is O=C(O)c1c([N+](=O)[O-])ccc(CBr)c1Cl. The number of carboxylic acids is 1. The number of rotatable bonds is 3. The van der Waals surface area contributed by atoms with Crippen LogP contribution in [0.5, 0.6) is 0 Å². The van der Waals surface area contributed by atoms with Crippen molar-refractivity contribution in [2.75, 3.05) is 0 Å². The zero-order valence-corrected chi connectivity index (χ0v) is 9.58. The normalized spacial score (nSPS) is 10.0. The molecule has 0 atom stereocenters. The van der Waals surface area contributed by atoms with Gasteiger partial charge < -0.3 is 5.11 Å². The third-order valence-electron chi connectivity index (χ3n) is 1.75. The van der Waals surface area contributed by atoms with Gasteiger partial charge in [0.15, 0.2) is 5.56 Å². The molecule has 1 rings (SSSR count). The summed E-state index contributed by atoms with van der Waals surface area (Å²) >= 11 is 8.84. The summed E-state index contributed by atoms with van der Waals surface area (Å²) in [6.07, 6.45) is 0. The Morgan fingerprint density at radius 1 is 1.60 bits per heavy atom. The van der Waals surface area contributed by atoms with Crippen molar-refractivity contribution in [3.05, 3.63) is 38.4 Å². The van der Waals surface area contributed by atoms with Crippen LogP contribution in [0.25, 0.3) is 0 Å². The Kier molecular flexibility index (Phi) is 3.65. The Balaban J connectivity index is 3.51. The molecule has 0 saturated carbocycles. The Morgan fingerprint density at radius 3 is 2.60 bits per heavy atom. The van der Waals surface area contributed by atoms with Gasteiger partial charge in [-0.25, -0.2) is 4.79 Å². The molecule has 80 valence electrons. The van der Waals surface area contributed by atoms with E-state index in [1.807, 2.05) is 0 Å². The maximum Gasteiger partial charge on any atom is 0.344 e. The number of carboxylic acid groups (broad SMARTS) is 1. The fourth-order valence-electron chi connectivity index (χ4n) is 1.07. The number of aromatic carboxylic acids is 1. The van der Waals surface area contributed by atoms with Gasteiger partial charge in [0.05, 0.1) is 9.95 Å². The van der Waals surface area contributed by atoms with Crippen LogP contribution in [0.2, 0.25) is 5.02 Å². The molecule has 0 bridgehead atoms. The number of halogens is 2. The average Bonchev–Trinajstić information content (AvgIpc) is 2.16. The molecule has 1 aromatic carbocycles. The van der Waals surface area contributed by atoms with Crippen molar-refractivity contribution in [1.29, 1.82) is 0 Å². The largest absolute Gasteiger partial charge is 0.477 e. The molecule has 1 N–H and O–H groups in total. The van der Waals surface area contributed by atoms with Crippen LogP contribution in [0.15, 0.2) is 12.1 Å². The molecule has 0 radical (unpaired) electrons. The third-order valence-corrected chi connectivity index (χ3v) is 2.79. The van der Waals surface area contributed by atoms with Crippen molar-refractivity contribution < 1.29 is 14.8 Å². The van der Waals surface area contributed by atoms with E-state index in [0.717, 1.165) is 6.07 Å². The van der Waals surface area contributed by atoms with E-state index in [9.17, 15) is 14.9 Å². The Bertz CT molecular complexity index is 435. The van der Waals surface area contributed by atoms with E-state index >= 15 is 0 Å². The second kappa shape index (κ2) is 4.59. The van der Waals surface area contributed by atoms with Crippen LogP contribution in [-0.4, -0.2) is 16.0 Å². The van der Waals surface area contributed by atoms with Crippen molar-refractivity contribution in [1.82, 2.24) is 0 Å². The first-order valence-corrected chi connectivity index (χ1v) is 5.24. The summed E-state index contributed by atoms with van der Waals surface area (Å²) in [6.45, 7) is 0. The molecule has 0 fully saturated rings. The Morgan fingerprint density at radius 2 is 2.20 bits per heavy atom. The molecule has 1 aromatic rings. The molecule has 15 heavy (non-hydrogen) atoms. The molecule has 0 aliphatic carbocycles. The van der Waals surface area contributed by atoms with E-state index in [2.05, 4.69) is 15.9 Å². The minimum absolute atomic E-state index is 0.103. The van der Waals surface area contributed by atoms with Crippen LogP contribution in [0.4, 0.5) is 5.69 Å². The molecular weight excluding hydrogens is 289 g/mol. The van der Waals surface area contributed by atoms with Crippen LogP contribution in [0.3, 0.4) is 0 Å². The number of hydrogen-bond acceptors (Lipinski definition) is 3. The van der Waals surface area contributed by atoms with Gasteiger partial charge >= 0.3 is 5.97 Å². The minimum Gasteiger partial charge on any atom is -0.477 e. The fraction of sp³-hybridized carbons (Fsp3) is 0.125. The maximum absolute atomic E-state index is 10.8. The highest BCUT2D eigenvalue weighted by Crippen LogP contribution is 2.30. The van der Waals surface area contributed by atoms with Crippen molar-refractivity contribution in [3.8, 4) is 0 Å². The number of alkyl halides is 1. The summed E-state index contributed by atoms with van der Waals surface area (Å²) in [5.41, 5.74) is -0.476. The van der Waals surface area contributed by atoms with Gasteiger partial charge in [0, 0.05) is 11.4 Å². The van der Waals surface area contributed by atoms with Crippen molar-refractivity contribution >= 4 is 39.2 Å². The highest BCUT2D eigenvalue weighted by atomic mass is 79.9. The predicted molar refractivity (Wildman–Crippen MR) is 57.7 cm³/mol. The van der Waals surface area contributed by atoms with Gasteiger partial charge in [0.25, 0.3) is 5.69 Å². The number of hydrogen-bond donors (Lipinski definition) is 1.